The van der Waals surface area contributed by atoms with Crippen molar-refractivity contribution in [2.75, 3.05) is 15.4 Å². The molecule has 0 radical (unpaired) electrons. The quantitative estimate of drug-likeness (QED) is 0.854. The first-order valence-electron chi connectivity index (χ1n) is 9.08. The fraction of sp³-hybridized carbons (Fsp3) is 0.333. The topological polar surface area (TPSA) is 83.6 Å². The number of carbonyl (C=O) groups excluding carboxylic acids is 2. The van der Waals surface area contributed by atoms with Gasteiger partial charge in [-0.25, -0.2) is 12.7 Å². The summed E-state index contributed by atoms with van der Waals surface area (Å²) in [6, 6.07) is 13.6. The maximum Gasteiger partial charge on any atom is 0.255 e. The average Bonchev–Trinajstić information content (AvgIpc) is 2.82. The smallest absolute Gasteiger partial charge is 0.255 e. The highest BCUT2D eigenvalue weighted by molar-refractivity contribution is 7.94. The molecule has 1 fully saturated rings. The van der Waals surface area contributed by atoms with Crippen molar-refractivity contribution < 1.29 is 18.0 Å². The lowest BCUT2D eigenvalue weighted by molar-refractivity contribution is -0.119. The summed E-state index contributed by atoms with van der Waals surface area (Å²) < 4.78 is 25.2. The van der Waals surface area contributed by atoms with Crippen LogP contribution < -0.4 is 9.62 Å². The number of hydrogen-bond acceptors (Lipinski definition) is 4. The van der Waals surface area contributed by atoms with E-state index in [0.717, 1.165) is 4.31 Å². The standard InChI is InChI=1S/C21H24N2O4S/c1-14-13-28(26,27)23(20(14)25)18-11-5-15(6-12-18)19(24)22-17-9-7-16(8-10-17)21(2,3)4/h5-12,14H,13H2,1-4H3,(H,22,24)/t14-/m0/s1. The van der Waals surface area contributed by atoms with Gasteiger partial charge in [-0.05, 0) is 47.4 Å². The maximum atomic E-state index is 12.5. The van der Waals surface area contributed by atoms with E-state index in [9.17, 15) is 18.0 Å². The van der Waals surface area contributed by atoms with Crippen molar-refractivity contribution in [3.8, 4) is 0 Å². The predicted octanol–water partition coefficient (Wildman–Crippen LogP) is 3.55. The second kappa shape index (κ2) is 7.05. The highest BCUT2D eigenvalue weighted by Gasteiger charge is 2.41. The zero-order valence-electron chi connectivity index (χ0n) is 16.4. The van der Waals surface area contributed by atoms with E-state index < -0.39 is 21.8 Å². The number of sulfonamides is 1. The summed E-state index contributed by atoms with van der Waals surface area (Å²) in [5.74, 6) is -1.52. The van der Waals surface area contributed by atoms with Crippen LogP contribution in [0.3, 0.4) is 0 Å². The fourth-order valence-electron chi connectivity index (χ4n) is 3.09. The van der Waals surface area contributed by atoms with Gasteiger partial charge in [0.2, 0.25) is 15.9 Å². The number of nitrogens with zero attached hydrogens (tertiary/aromatic N) is 1. The van der Waals surface area contributed by atoms with Crippen molar-refractivity contribution in [3.63, 3.8) is 0 Å². The second-order valence-electron chi connectivity index (χ2n) is 8.11. The molecule has 0 saturated carbocycles. The molecule has 0 unspecified atom stereocenters. The molecule has 1 atom stereocenters. The third kappa shape index (κ3) is 3.94. The zero-order valence-corrected chi connectivity index (χ0v) is 17.2. The Kier molecular flexibility index (Phi) is 5.06. The summed E-state index contributed by atoms with van der Waals surface area (Å²) in [4.78, 5) is 24.6. The normalized spacial score (nSPS) is 18.9. The van der Waals surface area contributed by atoms with Crippen molar-refractivity contribution in [1.82, 2.24) is 0 Å². The summed E-state index contributed by atoms with van der Waals surface area (Å²) >= 11 is 0. The summed E-state index contributed by atoms with van der Waals surface area (Å²) in [6.45, 7) is 7.95. The molecule has 2 aromatic rings. The molecule has 148 valence electrons. The molecule has 0 bridgehead atoms. The van der Waals surface area contributed by atoms with Crippen LogP contribution in [0.25, 0.3) is 0 Å². The molecule has 7 heteroatoms. The summed E-state index contributed by atoms with van der Waals surface area (Å²) in [6.07, 6.45) is 0. The minimum Gasteiger partial charge on any atom is -0.322 e. The SMILES string of the molecule is C[C@H]1CS(=O)(=O)N(c2ccc(C(=O)Nc3ccc(C(C)(C)C)cc3)cc2)C1=O. The Labute approximate surface area is 165 Å². The van der Waals surface area contributed by atoms with Crippen LogP contribution in [0.4, 0.5) is 11.4 Å². The Morgan fingerprint density at radius 3 is 2.07 bits per heavy atom. The minimum absolute atomic E-state index is 0.0310. The molecule has 0 aliphatic carbocycles. The van der Waals surface area contributed by atoms with E-state index in [1.807, 2.05) is 24.3 Å². The number of anilines is 2. The minimum atomic E-state index is -3.65. The Bertz CT molecular complexity index is 1000. The van der Waals surface area contributed by atoms with Crippen molar-refractivity contribution in [1.29, 1.82) is 0 Å². The van der Waals surface area contributed by atoms with Crippen molar-refractivity contribution in [3.05, 3.63) is 59.7 Å². The second-order valence-corrected chi connectivity index (χ2v) is 9.97. The van der Waals surface area contributed by atoms with Crippen LogP contribution in [-0.2, 0) is 20.2 Å². The van der Waals surface area contributed by atoms with Gasteiger partial charge < -0.3 is 5.32 Å². The number of amides is 2. The first-order valence-corrected chi connectivity index (χ1v) is 10.7. The third-order valence-corrected chi connectivity index (χ3v) is 6.60. The fourth-order valence-corrected chi connectivity index (χ4v) is 4.91. The molecule has 0 aromatic heterocycles. The van der Waals surface area contributed by atoms with Crippen LogP contribution in [-0.4, -0.2) is 26.0 Å². The zero-order chi connectivity index (χ0) is 20.7. The third-order valence-electron chi connectivity index (χ3n) is 4.73. The molecule has 2 amide bonds. The number of hydrogen-bond donors (Lipinski definition) is 1. The highest BCUT2D eigenvalue weighted by Crippen LogP contribution is 2.28. The van der Waals surface area contributed by atoms with Gasteiger partial charge in [-0.1, -0.05) is 39.8 Å². The lowest BCUT2D eigenvalue weighted by Gasteiger charge is -2.19. The number of rotatable bonds is 3. The number of nitrogens with one attached hydrogen (secondary N) is 1. The van der Waals surface area contributed by atoms with E-state index in [2.05, 4.69) is 26.1 Å². The Hall–Kier alpha value is -2.67. The molecule has 1 N–H and O–H groups in total. The molecule has 1 heterocycles. The average molecular weight is 401 g/mol. The highest BCUT2D eigenvalue weighted by atomic mass is 32.2. The van der Waals surface area contributed by atoms with Crippen molar-refractivity contribution in [2.24, 2.45) is 5.92 Å². The van der Waals surface area contributed by atoms with Gasteiger partial charge in [-0.15, -0.1) is 0 Å². The lowest BCUT2D eigenvalue weighted by atomic mass is 9.87. The van der Waals surface area contributed by atoms with Crippen LogP contribution in [0.1, 0.15) is 43.6 Å². The van der Waals surface area contributed by atoms with Gasteiger partial charge in [0.25, 0.3) is 5.91 Å². The lowest BCUT2D eigenvalue weighted by Crippen LogP contribution is -2.30. The molecule has 1 saturated heterocycles. The molecular weight excluding hydrogens is 376 g/mol. The van der Waals surface area contributed by atoms with E-state index in [4.69, 9.17) is 0 Å². The van der Waals surface area contributed by atoms with Crippen LogP contribution >= 0.6 is 0 Å². The molecule has 6 nitrogen and oxygen atoms in total. The Morgan fingerprint density at radius 1 is 1.04 bits per heavy atom. The predicted molar refractivity (Wildman–Crippen MR) is 110 cm³/mol. The van der Waals surface area contributed by atoms with Crippen LogP contribution in [0.5, 0.6) is 0 Å². The Balaban J connectivity index is 1.75. The summed E-state index contributed by atoms with van der Waals surface area (Å²) in [7, 11) is -3.65. The van der Waals surface area contributed by atoms with Gasteiger partial charge in [0.1, 0.15) is 0 Å². The van der Waals surface area contributed by atoms with Gasteiger partial charge in [0, 0.05) is 11.3 Å². The van der Waals surface area contributed by atoms with E-state index in [-0.39, 0.29) is 22.8 Å². The van der Waals surface area contributed by atoms with Gasteiger partial charge in [0.15, 0.2) is 0 Å². The molecule has 0 spiro atoms. The van der Waals surface area contributed by atoms with E-state index >= 15 is 0 Å². The largest absolute Gasteiger partial charge is 0.322 e. The monoisotopic (exact) mass is 400 g/mol. The Morgan fingerprint density at radius 2 is 1.61 bits per heavy atom. The van der Waals surface area contributed by atoms with Gasteiger partial charge in [0.05, 0.1) is 17.4 Å². The molecule has 3 rings (SSSR count). The van der Waals surface area contributed by atoms with Gasteiger partial charge >= 0.3 is 0 Å². The molecular formula is C21H24N2O4S. The first kappa shape index (κ1) is 20.1. The summed E-state index contributed by atoms with van der Waals surface area (Å²) in [5, 5.41) is 2.82. The number of carbonyl (C=O) groups is 2. The van der Waals surface area contributed by atoms with E-state index in [0.29, 0.717) is 11.3 Å². The van der Waals surface area contributed by atoms with E-state index in [1.54, 1.807) is 6.92 Å². The van der Waals surface area contributed by atoms with Gasteiger partial charge in [-0.2, -0.15) is 0 Å². The van der Waals surface area contributed by atoms with Crippen molar-refractivity contribution in [2.45, 2.75) is 33.1 Å². The van der Waals surface area contributed by atoms with Crippen LogP contribution in [0.15, 0.2) is 48.5 Å². The maximum absolute atomic E-state index is 12.5. The summed E-state index contributed by atoms with van der Waals surface area (Å²) in [5.41, 5.74) is 2.50. The molecule has 1 aliphatic heterocycles. The molecule has 2 aromatic carbocycles. The van der Waals surface area contributed by atoms with Crippen molar-refractivity contribution >= 4 is 33.2 Å². The number of benzene rings is 2. The van der Waals surface area contributed by atoms with Crippen LogP contribution in [0.2, 0.25) is 0 Å². The first-order chi connectivity index (χ1) is 13.0. The van der Waals surface area contributed by atoms with Gasteiger partial charge in [-0.3, -0.25) is 9.59 Å². The van der Waals surface area contributed by atoms with Crippen LogP contribution in [0, 0.1) is 5.92 Å². The van der Waals surface area contributed by atoms with E-state index in [1.165, 1.54) is 29.8 Å². The molecule has 1 aliphatic rings. The molecule has 28 heavy (non-hydrogen) atoms.